The van der Waals surface area contributed by atoms with E-state index >= 15 is 0 Å². The summed E-state index contributed by atoms with van der Waals surface area (Å²) < 4.78 is 41.6. The Bertz CT molecular complexity index is 623. The molecule has 0 bridgehead atoms. The van der Waals surface area contributed by atoms with Crippen molar-refractivity contribution in [1.29, 1.82) is 0 Å². The van der Waals surface area contributed by atoms with Gasteiger partial charge >= 0.3 is 6.09 Å². The van der Waals surface area contributed by atoms with Crippen LogP contribution in [0.4, 0.5) is 20.6 Å². The van der Waals surface area contributed by atoms with Crippen LogP contribution in [0.1, 0.15) is 5.56 Å². The van der Waals surface area contributed by atoms with Crippen LogP contribution in [0, 0.1) is 12.7 Å². The molecule has 1 aliphatic heterocycles. The molecule has 1 N–H and O–H groups in total. The minimum atomic E-state index is -3.01. The molecule has 0 unspecified atom stereocenters. The van der Waals surface area contributed by atoms with Gasteiger partial charge in [0.05, 0.1) is 24.3 Å². The molecule has 1 fully saturated rings. The number of amides is 1. The smallest absolute Gasteiger partial charge is 0.411 e. The van der Waals surface area contributed by atoms with E-state index < -0.39 is 21.7 Å². The van der Waals surface area contributed by atoms with E-state index in [4.69, 9.17) is 0 Å². The molecule has 1 aromatic carbocycles. The number of hydrogen-bond donors (Lipinski definition) is 1. The monoisotopic (exact) mass is 316 g/mol. The highest BCUT2D eigenvalue weighted by molar-refractivity contribution is 7.91. The summed E-state index contributed by atoms with van der Waals surface area (Å²) in [6, 6.07) is 2.82. The minimum absolute atomic E-state index is 0.0219. The second-order valence-corrected chi connectivity index (χ2v) is 7.18. The third kappa shape index (κ3) is 3.63. The third-order valence-electron chi connectivity index (χ3n) is 3.35. The topological polar surface area (TPSA) is 75.7 Å². The van der Waals surface area contributed by atoms with Crippen LogP contribution in [0.3, 0.4) is 0 Å². The van der Waals surface area contributed by atoms with Crippen molar-refractivity contribution in [2.45, 2.75) is 6.92 Å². The number of benzene rings is 1. The van der Waals surface area contributed by atoms with Gasteiger partial charge in [-0.1, -0.05) is 0 Å². The average Bonchev–Trinajstić information content (AvgIpc) is 2.39. The molecule has 0 atom stereocenters. The number of carbonyl (C=O) groups is 1. The Morgan fingerprint density at radius 2 is 1.95 bits per heavy atom. The summed E-state index contributed by atoms with van der Waals surface area (Å²) in [5.74, 6) is -0.456. The van der Waals surface area contributed by atoms with Crippen LogP contribution < -0.4 is 10.2 Å². The molecule has 1 saturated heterocycles. The zero-order valence-corrected chi connectivity index (χ0v) is 12.7. The van der Waals surface area contributed by atoms with Gasteiger partial charge in [-0.2, -0.15) is 0 Å². The van der Waals surface area contributed by atoms with E-state index in [-0.39, 0.29) is 24.6 Å². The lowest BCUT2D eigenvalue weighted by atomic mass is 10.1. The molecule has 0 radical (unpaired) electrons. The van der Waals surface area contributed by atoms with Gasteiger partial charge in [0.15, 0.2) is 9.84 Å². The molecule has 1 aromatic rings. The van der Waals surface area contributed by atoms with Gasteiger partial charge < -0.3 is 9.64 Å². The Morgan fingerprint density at radius 1 is 1.33 bits per heavy atom. The van der Waals surface area contributed by atoms with Gasteiger partial charge in [0, 0.05) is 18.8 Å². The van der Waals surface area contributed by atoms with Crippen molar-refractivity contribution in [2.75, 3.05) is 41.9 Å². The predicted octanol–water partition coefficient (Wildman–Crippen LogP) is 1.55. The lowest BCUT2D eigenvalue weighted by molar-refractivity contribution is 0.187. The Hall–Kier alpha value is -1.83. The van der Waals surface area contributed by atoms with Crippen LogP contribution in [0.2, 0.25) is 0 Å². The number of ether oxygens (including phenoxy) is 1. The summed E-state index contributed by atoms with van der Waals surface area (Å²) >= 11 is 0. The van der Waals surface area contributed by atoms with Gasteiger partial charge in [-0.15, -0.1) is 0 Å². The van der Waals surface area contributed by atoms with Gasteiger partial charge in [-0.25, -0.2) is 17.6 Å². The summed E-state index contributed by atoms with van der Waals surface area (Å²) in [5.41, 5.74) is 1.30. The molecule has 6 nitrogen and oxygen atoms in total. The molecule has 116 valence electrons. The Morgan fingerprint density at radius 3 is 2.48 bits per heavy atom. The number of nitrogens with one attached hydrogen (secondary N) is 1. The van der Waals surface area contributed by atoms with Crippen LogP contribution in [0.25, 0.3) is 0 Å². The Balaban J connectivity index is 2.23. The summed E-state index contributed by atoms with van der Waals surface area (Å²) in [5, 5.41) is 2.40. The molecule has 21 heavy (non-hydrogen) atoms. The maximum Gasteiger partial charge on any atom is 0.411 e. The van der Waals surface area contributed by atoms with Crippen molar-refractivity contribution in [3.05, 3.63) is 23.5 Å². The number of carbonyl (C=O) groups excluding carboxylic acids is 1. The van der Waals surface area contributed by atoms with E-state index in [1.165, 1.54) is 13.2 Å². The number of halogens is 1. The van der Waals surface area contributed by atoms with Crippen molar-refractivity contribution in [3.63, 3.8) is 0 Å². The Kier molecular flexibility index (Phi) is 4.36. The maximum absolute atomic E-state index is 14.3. The summed E-state index contributed by atoms with van der Waals surface area (Å²) in [6.45, 7) is 2.25. The molecule has 1 heterocycles. The average molecular weight is 316 g/mol. The quantitative estimate of drug-likeness (QED) is 0.896. The fourth-order valence-electron chi connectivity index (χ4n) is 2.31. The first-order valence-electron chi connectivity index (χ1n) is 6.43. The summed E-state index contributed by atoms with van der Waals surface area (Å²) in [7, 11) is -1.79. The first-order valence-corrected chi connectivity index (χ1v) is 8.25. The van der Waals surface area contributed by atoms with Crippen molar-refractivity contribution in [1.82, 2.24) is 0 Å². The fraction of sp³-hybridized carbons (Fsp3) is 0.462. The van der Waals surface area contributed by atoms with Crippen LogP contribution >= 0.6 is 0 Å². The number of hydrogen-bond acceptors (Lipinski definition) is 5. The van der Waals surface area contributed by atoms with Gasteiger partial charge in [0.2, 0.25) is 0 Å². The van der Waals surface area contributed by atoms with E-state index in [1.54, 1.807) is 17.9 Å². The molecule has 2 rings (SSSR count). The molecule has 0 aliphatic carbocycles. The molecule has 1 amide bonds. The minimum Gasteiger partial charge on any atom is -0.453 e. The zero-order chi connectivity index (χ0) is 15.6. The van der Waals surface area contributed by atoms with Gasteiger partial charge in [0.1, 0.15) is 5.82 Å². The molecular weight excluding hydrogens is 299 g/mol. The number of anilines is 2. The molecule has 1 aliphatic rings. The van der Waals surface area contributed by atoms with Crippen molar-refractivity contribution < 1.29 is 22.3 Å². The van der Waals surface area contributed by atoms with Crippen molar-refractivity contribution >= 4 is 27.3 Å². The highest BCUT2D eigenvalue weighted by Gasteiger charge is 2.25. The van der Waals surface area contributed by atoms with Crippen LogP contribution in [0.5, 0.6) is 0 Å². The first-order chi connectivity index (χ1) is 9.82. The first kappa shape index (κ1) is 15.6. The predicted molar refractivity (Wildman–Crippen MR) is 78.0 cm³/mol. The van der Waals surface area contributed by atoms with Crippen LogP contribution in [-0.2, 0) is 14.6 Å². The van der Waals surface area contributed by atoms with E-state index in [0.717, 1.165) is 0 Å². The zero-order valence-electron chi connectivity index (χ0n) is 11.8. The van der Waals surface area contributed by atoms with Gasteiger partial charge in [-0.3, -0.25) is 5.32 Å². The van der Waals surface area contributed by atoms with E-state index in [0.29, 0.717) is 16.9 Å². The lowest BCUT2D eigenvalue weighted by Crippen LogP contribution is -2.41. The van der Waals surface area contributed by atoms with Crippen LogP contribution in [0.15, 0.2) is 12.1 Å². The molecule has 8 heteroatoms. The van der Waals surface area contributed by atoms with Gasteiger partial charge in [0.25, 0.3) is 0 Å². The van der Waals surface area contributed by atoms with Gasteiger partial charge in [-0.05, 0) is 24.6 Å². The SMILES string of the molecule is COC(=O)Nc1cc(C)c(N2CCS(=O)(=O)CC2)c(F)c1. The lowest BCUT2D eigenvalue weighted by Gasteiger charge is -2.30. The van der Waals surface area contributed by atoms with Crippen molar-refractivity contribution in [3.8, 4) is 0 Å². The number of methoxy groups -OCH3 is 1. The number of sulfone groups is 1. The summed E-state index contributed by atoms with van der Waals surface area (Å²) in [6.07, 6.45) is -0.675. The second kappa shape index (κ2) is 5.88. The fourth-order valence-corrected chi connectivity index (χ4v) is 3.52. The van der Waals surface area contributed by atoms with E-state index in [2.05, 4.69) is 10.1 Å². The Labute approximate surface area is 122 Å². The standard InChI is InChI=1S/C13H17FN2O4S/c1-9-7-10(15-13(17)20-2)8-11(14)12(9)16-3-5-21(18,19)6-4-16/h7-8H,3-6H2,1-2H3,(H,15,17). The van der Waals surface area contributed by atoms with E-state index in [1.807, 2.05) is 0 Å². The molecule has 0 saturated carbocycles. The highest BCUT2D eigenvalue weighted by atomic mass is 32.2. The number of nitrogens with zero attached hydrogens (tertiary/aromatic N) is 1. The van der Waals surface area contributed by atoms with Crippen LogP contribution in [-0.4, -0.2) is 46.2 Å². The van der Waals surface area contributed by atoms with Crippen molar-refractivity contribution in [2.24, 2.45) is 0 Å². The molecular formula is C13H17FN2O4S. The third-order valence-corrected chi connectivity index (χ3v) is 4.96. The number of rotatable bonds is 2. The normalized spacial score (nSPS) is 17.4. The maximum atomic E-state index is 14.3. The summed E-state index contributed by atoms with van der Waals surface area (Å²) in [4.78, 5) is 12.8. The molecule has 0 aromatic heterocycles. The number of aryl methyl sites for hydroxylation is 1. The highest BCUT2D eigenvalue weighted by Crippen LogP contribution is 2.29. The largest absolute Gasteiger partial charge is 0.453 e. The van der Waals surface area contributed by atoms with E-state index in [9.17, 15) is 17.6 Å². The second-order valence-electron chi connectivity index (χ2n) is 4.88. The molecule has 0 spiro atoms.